The van der Waals surface area contributed by atoms with Gasteiger partial charge in [-0.3, -0.25) is 4.79 Å². The van der Waals surface area contributed by atoms with Crippen LogP contribution in [-0.4, -0.2) is 23.0 Å². The fraction of sp³-hybridized carbons (Fsp3) is 0.100. The molecule has 7 heteroatoms. The van der Waals surface area contributed by atoms with E-state index in [2.05, 4.69) is 10.3 Å². The summed E-state index contributed by atoms with van der Waals surface area (Å²) >= 11 is 0. The molecule has 1 heterocycles. The zero-order valence-electron chi connectivity index (χ0n) is 14.4. The van der Waals surface area contributed by atoms with E-state index < -0.39 is 18.0 Å². The highest BCUT2D eigenvalue weighted by Crippen LogP contribution is 2.19. The number of carbonyl (C=O) groups excluding carboxylic acids is 2. The van der Waals surface area contributed by atoms with Crippen molar-refractivity contribution in [2.75, 3.05) is 5.32 Å². The van der Waals surface area contributed by atoms with Gasteiger partial charge < -0.3 is 14.5 Å². The number of ether oxygens (including phenoxy) is 1. The van der Waals surface area contributed by atoms with Gasteiger partial charge in [-0.2, -0.15) is 5.26 Å². The fourth-order valence-corrected chi connectivity index (χ4v) is 2.32. The number of carbonyl (C=O) groups is 2. The number of hydrogen-bond acceptors (Lipinski definition) is 6. The summed E-state index contributed by atoms with van der Waals surface area (Å²) in [5, 5.41) is 11.5. The lowest BCUT2D eigenvalue weighted by molar-refractivity contribution is -0.123. The van der Waals surface area contributed by atoms with Crippen LogP contribution in [0, 0.1) is 11.3 Å². The van der Waals surface area contributed by atoms with Crippen molar-refractivity contribution in [2.45, 2.75) is 13.0 Å². The summed E-state index contributed by atoms with van der Waals surface area (Å²) < 4.78 is 10.4. The van der Waals surface area contributed by atoms with Crippen LogP contribution >= 0.6 is 0 Å². The minimum atomic E-state index is -1.00. The smallest absolute Gasteiger partial charge is 0.338 e. The van der Waals surface area contributed by atoms with Gasteiger partial charge in [0.2, 0.25) is 0 Å². The Labute approximate surface area is 155 Å². The van der Waals surface area contributed by atoms with Crippen LogP contribution in [0.1, 0.15) is 22.8 Å². The lowest BCUT2D eigenvalue weighted by Gasteiger charge is -2.13. The summed E-state index contributed by atoms with van der Waals surface area (Å²) in [5.41, 5.74) is 1.96. The summed E-state index contributed by atoms with van der Waals surface area (Å²) in [4.78, 5) is 28.3. The summed E-state index contributed by atoms with van der Waals surface area (Å²) in [6, 6.07) is 15.0. The van der Waals surface area contributed by atoms with E-state index in [4.69, 9.17) is 14.4 Å². The topological polar surface area (TPSA) is 105 Å². The van der Waals surface area contributed by atoms with Gasteiger partial charge in [0.1, 0.15) is 0 Å². The van der Waals surface area contributed by atoms with Gasteiger partial charge in [0, 0.05) is 11.3 Å². The molecule has 0 aliphatic carbocycles. The van der Waals surface area contributed by atoms with Crippen molar-refractivity contribution >= 4 is 17.6 Å². The molecule has 2 aromatic carbocycles. The van der Waals surface area contributed by atoms with Crippen molar-refractivity contribution < 1.29 is 18.7 Å². The second kappa shape index (κ2) is 7.97. The second-order valence-electron chi connectivity index (χ2n) is 5.67. The Morgan fingerprint density at radius 2 is 2.00 bits per heavy atom. The fourth-order valence-electron chi connectivity index (χ4n) is 2.32. The molecular formula is C20H15N3O4. The van der Waals surface area contributed by atoms with Crippen LogP contribution in [0.4, 0.5) is 5.69 Å². The maximum atomic E-state index is 12.2. The van der Waals surface area contributed by atoms with Crippen LogP contribution < -0.4 is 5.32 Å². The maximum Gasteiger partial charge on any atom is 0.338 e. The predicted octanol–water partition coefficient (Wildman–Crippen LogP) is 3.40. The van der Waals surface area contributed by atoms with E-state index in [0.29, 0.717) is 22.6 Å². The Bertz CT molecular complexity index is 989. The normalized spacial score (nSPS) is 11.3. The quantitative estimate of drug-likeness (QED) is 0.698. The highest BCUT2D eigenvalue weighted by Gasteiger charge is 2.19. The van der Waals surface area contributed by atoms with Gasteiger partial charge in [-0.25, -0.2) is 9.78 Å². The number of nitrogens with zero attached hydrogens (tertiary/aromatic N) is 2. The van der Waals surface area contributed by atoms with Crippen LogP contribution in [-0.2, 0) is 9.53 Å². The third-order valence-electron chi connectivity index (χ3n) is 3.75. The average molecular weight is 361 g/mol. The lowest BCUT2D eigenvalue weighted by atomic mass is 10.1. The molecule has 0 spiro atoms. The van der Waals surface area contributed by atoms with Crippen molar-refractivity contribution in [1.82, 2.24) is 4.98 Å². The molecule has 0 radical (unpaired) electrons. The maximum absolute atomic E-state index is 12.2. The van der Waals surface area contributed by atoms with Crippen LogP contribution in [0.2, 0.25) is 0 Å². The number of esters is 1. The molecule has 1 atom stereocenters. The van der Waals surface area contributed by atoms with Gasteiger partial charge in [-0.15, -0.1) is 0 Å². The van der Waals surface area contributed by atoms with Gasteiger partial charge in [0.15, 0.2) is 18.3 Å². The molecule has 134 valence electrons. The minimum Gasteiger partial charge on any atom is -0.449 e. The molecule has 3 aromatic rings. The third-order valence-corrected chi connectivity index (χ3v) is 3.75. The van der Waals surface area contributed by atoms with Crippen LogP contribution in [0.15, 0.2) is 65.5 Å². The first-order valence-corrected chi connectivity index (χ1v) is 8.08. The van der Waals surface area contributed by atoms with Gasteiger partial charge >= 0.3 is 5.97 Å². The average Bonchev–Trinajstić information content (AvgIpc) is 3.23. The molecule has 0 fully saturated rings. The zero-order valence-corrected chi connectivity index (χ0v) is 14.4. The molecule has 0 saturated carbocycles. The predicted molar refractivity (Wildman–Crippen MR) is 96.6 cm³/mol. The van der Waals surface area contributed by atoms with E-state index in [9.17, 15) is 9.59 Å². The van der Waals surface area contributed by atoms with Crippen molar-refractivity contribution in [3.8, 4) is 17.4 Å². The largest absolute Gasteiger partial charge is 0.449 e. The first kappa shape index (κ1) is 17.9. The first-order chi connectivity index (χ1) is 13.1. The number of benzene rings is 2. The highest BCUT2D eigenvalue weighted by atomic mass is 16.5. The third kappa shape index (κ3) is 4.38. The molecule has 1 aromatic heterocycles. The van der Waals surface area contributed by atoms with Gasteiger partial charge in [0.25, 0.3) is 5.91 Å². The van der Waals surface area contributed by atoms with E-state index in [1.807, 2.05) is 6.07 Å². The molecule has 0 saturated heterocycles. The molecule has 3 rings (SSSR count). The summed E-state index contributed by atoms with van der Waals surface area (Å²) in [6.45, 7) is 1.48. The van der Waals surface area contributed by atoms with Crippen LogP contribution in [0.5, 0.6) is 0 Å². The number of aromatic nitrogens is 1. The highest BCUT2D eigenvalue weighted by molar-refractivity contribution is 5.97. The molecule has 0 aliphatic rings. The van der Waals surface area contributed by atoms with E-state index in [-0.39, 0.29) is 0 Å². The number of amides is 1. The molecule has 1 N–H and O–H groups in total. The number of nitrogens with one attached hydrogen (secondary N) is 1. The van der Waals surface area contributed by atoms with E-state index >= 15 is 0 Å². The summed E-state index contributed by atoms with van der Waals surface area (Å²) in [6.07, 6.45) is 1.89. The van der Waals surface area contributed by atoms with E-state index in [1.165, 1.54) is 19.4 Å². The Morgan fingerprint density at radius 1 is 1.22 bits per heavy atom. The number of nitriles is 1. The van der Waals surface area contributed by atoms with Crippen LogP contribution in [0.3, 0.4) is 0 Å². The van der Waals surface area contributed by atoms with Gasteiger partial charge in [-0.1, -0.05) is 18.2 Å². The summed E-state index contributed by atoms with van der Waals surface area (Å²) in [7, 11) is 0. The lowest BCUT2D eigenvalue weighted by Crippen LogP contribution is -2.30. The number of anilines is 1. The second-order valence-corrected chi connectivity index (χ2v) is 5.67. The summed E-state index contributed by atoms with van der Waals surface area (Å²) in [5.74, 6) is -0.522. The molecule has 0 aliphatic heterocycles. The number of rotatable bonds is 5. The van der Waals surface area contributed by atoms with Crippen molar-refractivity contribution in [2.24, 2.45) is 0 Å². The number of hydrogen-bond donors (Lipinski definition) is 1. The van der Waals surface area contributed by atoms with E-state index in [1.54, 1.807) is 48.7 Å². The molecule has 7 nitrogen and oxygen atoms in total. The van der Waals surface area contributed by atoms with Crippen molar-refractivity contribution in [1.29, 1.82) is 5.26 Å². The zero-order chi connectivity index (χ0) is 19.2. The monoisotopic (exact) mass is 361 g/mol. The Hall–Kier alpha value is -3.92. The van der Waals surface area contributed by atoms with E-state index in [0.717, 1.165) is 5.56 Å². The molecule has 0 bridgehead atoms. The molecule has 1 amide bonds. The molecule has 27 heavy (non-hydrogen) atoms. The van der Waals surface area contributed by atoms with Crippen molar-refractivity contribution in [3.63, 3.8) is 0 Å². The number of oxazole rings is 1. The standard InChI is InChI=1S/C20H15N3O4/c1-13(19(24)23-17-4-2-3-14(9-17)10-21)27-20(25)16-7-5-15(6-8-16)18-11-22-12-26-18/h2-9,11-13H,1H3,(H,23,24). The minimum absolute atomic E-state index is 0.310. The van der Waals surface area contributed by atoms with Crippen molar-refractivity contribution in [3.05, 3.63) is 72.2 Å². The molecular weight excluding hydrogens is 346 g/mol. The van der Waals surface area contributed by atoms with Gasteiger partial charge in [0.05, 0.1) is 23.4 Å². The first-order valence-electron chi connectivity index (χ1n) is 8.08. The SMILES string of the molecule is CC(OC(=O)c1ccc(-c2cnco2)cc1)C(=O)Nc1cccc(C#N)c1. The Morgan fingerprint density at radius 3 is 2.67 bits per heavy atom. The molecule has 1 unspecified atom stereocenters. The Kier molecular flexibility index (Phi) is 5.28. The van der Waals surface area contributed by atoms with Crippen LogP contribution in [0.25, 0.3) is 11.3 Å². The Balaban J connectivity index is 1.61. The van der Waals surface area contributed by atoms with Gasteiger partial charge in [-0.05, 0) is 37.3 Å².